The van der Waals surface area contributed by atoms with E-state index in [9.17, 15) is 9.59 Å². The molecular formula is C12H16ClN3O2. The molecule has 0 fully saturated rings. The normalized spacial score (nSPS) is 11.1. The molecule has 0 atom stereocenters. The van der Waals surface area contributed by atoms with E-state index in [0.717, 1.165) is 0 Å². The van der Waals surface area contributed by atoms with E-state index in [1.165, 1.54) is 12.1 Å². The lowest BCUT2D eigenvalue weighted by Crippen LogP contribution is -2.36. The molecule has 0 unspecified atom stereocenters. The van der Waals surface area contributed by atoms with Crippen molar-refractivity contribution in [2.24, 2.45) is 11.5 Å². The van der Waals surface area contributed by atoms with Crippen molar-refractivity contribution in [2.45, 2.75) is 25.8 Å². The molecule has 1 aromatic rings. The first-order valence-corrected chi connectivity index (χ1v) is 5.75. The molecule has 2 amide bonds. The second-order valence-corrected chi connectivity index (χ2v) is 5.18. The van der Waals surface area contributed by atoms with Gasteiger partial charge < -0.3 is 16.8 Å². The van der Waals surface area contributed by atoms with E-state index in [1.807, 2.05) is 0 Å². The lowest BCUT2D eigenvalue weighted by atomic mass is 10.0. The summed E-state index contributed by atoms with van der Waals surface area (Å²) in [5, 5.41) is 2.85. The van der Waals surface area contributed by atoms with Crippen molar-refractivity contribution in [3.63, 3.8) is 0 Å². The van der Waals surface area contributed by atoms with E-state index < -0.39 is 11.4 Å². The number of hydrogen-bond donors (Lipinski definition) is 3. The van der Waals surface area contributed by atoms with Gasteiger partial charge in [-0.15, -0.1) is 0 Å². The maximum atomic E-state index is 11.6. The highest BCUT2D eigenvalue weighted by atomic mass is 35.5. The molecule has 0 aliphatic carbocycles. The van der Waals surface area contributed by atoms with Crippen LogP contribution in [0.2, 0.25) is 5.02 Å². The second-order valence-electron chi connectivity index (χ2n) is 4.77. The Balaban J connectivity index is 2.78. The van der Waals surface area contributed by atoms with Crippen molar-refractivity contribution in [1.29, 1.82) is 0 Å². The van der Waals surface area contributed by atoms with Gasteiger partial charge in [0.25, 0.3) is 0 Å². The topological polar surface area (TPSA) is 98.2 Å². The Bertz CT molecular complexity index is 481. The zero-order valence-electron chi connectivity index (χ0n) is 10.3. The molecule has 0 heterocycles. The van der Waals surface area contributed by atoms with E-state index >= 15 is 0 Å². The first kappa shape index (κ1) is 14.5. The maximum absolute atomic E-state index is 11.6. The third kappa shape index (κ3) is 4.35. The largest absolute Gasteiger partial charge is 0.366 e. The predicted molar refractivity (Wildman–Crippen MR) is 71.5 cm³/mol. The highest BCUT2D eigenvalue weighted by Crippen LogP contribution is 2.21. The first-order valence-electron chi connectivity index (χ1n) is 5.37. The number of hydrogen-bond acceptors (Lipinski definition) is 3. The van der Waals surface area contributed by atoms with Gasteiger partial charge in [-0.1, -0.05) is 11.6 Å². The number of carbonyl (C=O) groups is 2. The molecule has 0 spiro atoms. The summed E-state index contributed by atoms with van der Waals surface area (Å²) in [6, 6.07) is 4.50. The Morgan fingerprint density at radius 2 is 2.00 bits per heavy atom. The fraction of sp³-hybridized carbons (Fsp3) is 0.333. The van der Waals surface area contributed by atoms with Crippen LogP contribution in [-0.4, -0.2) is 17.4 Å². The van der Waals surface area contributed by atoms with Gasteiger partial charge in [0.1, 0.15) is 0 Å². The van der Waals surface area contributed by atoms with Crippen LogP contribution < -0.4 is 16.8 Å². The Morgan fingerprint density at radius 3 is 2.44 bits per heavy atom. The lowest BCUT2D eigenvalue weighted by Gasteiger charge is -2.17. The number of primary amides is 1. The van der Waals surface area contributed by atoms with Crippen molar-refractivity contribution in [3.8, 4) is 0 Å². The summed E-state index contributed by atoms with van der Waals surface area (Å²) >= 11 is 5.86. The highest BCUT2D eigenvalue weighted by Gasteiger charge is 2.16. The monoisotopic (exact) mass is 269 g/mol. The predicted octanol–water partition coefficient (Wildman–Crippen LogP) is 1.50. The lowest BCUT2D eigenvalue weighted by molar-refractivity contribution is -0.117. The van der Waals surface area contributed by atoms with E-state index in [1.54, 1.807) is 19.9 Å². The average Bonchev–Trinajstić information content (AvgIpc) is 2.13. The van der Waals surface area contributed by atoms with Gasteiger partial charge in [-0.05, 0) is 32.0 Å². The van der Waals surface area contributed by atoms with Crippen LogP contribution in [0, 0.1) is 0 Å². The number of halogens is 1. The van der Waals surface area contributed by atoms with Crippen molar-refractivity contribution in [3.05, 3.63) is 28.8 Å². The summed E-state index contributed by atoms with van der Waals surface area (Å²) in [6.07, 6.45) is 0.183. The minimum Gasteiger partial charge on any atom is -0.366 e. The van der Waals surface area contributed by atoms with Crippen molar-refractivity contribution in [2.75, 3.05) is 5.32 Å². The molecule has 0 bridgehead atoms. The Hall–Kier alpha value is -1.59. The van der Waals surface area contributed by atoms with Crippen LogP contribution in [0.5, 0.6) is 0 Å². The fourth-order valence-corrected chi connectivity index (χ4v) is 1.69. The van der Waals surface area contributed by atoms with Gasteiger partial charge in [0.05, 0.1) is 10.6 Å². The number of nitrogens with one attached hydrogen (secondary N) is 1. The highest BCUT2D eigenvalue weighted by molar-refractivity contribution is 6.34. The van der Waals surface area contributed by atoms with E-state index in [-0.39, 0.29) is 22.9 Å². The van der Waals surface area contributed by atoms with Crippen molar-refractivity contribution < 1.29 is 9.59 Å². The minimum atomic E-state index is -0.610. The molecule has 0 aromatic heterocycles. The molecule has 0 saturated carbocycles. The number of rotatable bonds is 4. The van der Waals surface area contributed by atoms with E-state index in [2.05, 4.69) is 5.32 Å². The fourth-order valence-electron chi connectivity index (χ4n) is 1.41. The number of nitrogens with two attached hydrogens (primary N) is 2. The summed E-state index contributed by atoms with van der Waals surface area (Å²) in [6.45, 7) is 3.52. The minimum absolute atomic E-state index is 0.183. The summed E-state index contributed by atoms with van der Waals surface area (Å²) in [7, 11) is 0. The number of benzene rings is 1. The average molecular weight is 270 g/mol. The molecule has 0 radical (unpaired) electrons. The zero-order chi connectivity index (χ0) is 13.9. The number of anilines is 1. The maximum Gasteiger partial charge on any atom is 0.250 e. The molecule has 5 N–H and O–H groups in total. The van der Waals surface area contributed by atoms with Gasteiger partial charge in [0, 0.05) is 17.6 Å². The molecular weight excluding hydrogens is 254 g/mol. The zero-order valence-corrected chi connectivity index (χ0v) is 11.0. The van der Waals surface area contributed by atoms with Gasteiger partial charge in [-0.2, -0.15) is 0 Å². The van der Waals surface area contributed by atoms with Crippen LogP contribution in [0.3, 0.4) is 0 Å². The van der Waals surface area contributed by atoms with Crippen LogP contribution in [0.15, 0.2) is 18.2 Å². The van der Waals surface area contributed by atoms with Gasteiger partial charge in [-0.25, -0.2) is 0 Å². The molecule has 0 aliphatic rings. The van der Waals surface area contributed by atoms with Crippen LogP contribution in [0.25, 0.3) is 0 Å². The van der Waals surface area contributed by atoms with Crippen molar-refractivity contribution >= 4 is 29.1 Å². The van der Waals surface area contributed by atoms with Crippen LogP contribution in [-0.2, 0) is 4.79 Å². The third-order valence-electron chi connectivity index (χ3n) is 2.13. The molecule has 6 heteroatoms. The Morgan fingerprint density at radius 1 is 1.39 bits per heavy atom. The van der Waals surface area contributed by atoms with Crippen LogP contribution >= 0.6 is 11.6 Å². The summed E-state index contributed by atoms with van der Waals surface area (Å²) in [4.78, 5) is 22.6. The molecule has 1 aromatic carbocycles. The summed E-state index contributed by atoms with van der Waals surface area (Å²) < 4.78 is 0. The van der Waals surface area contributed by atoms with Crippen molar-refractivity contribution in [1.82, 2.24) is 0 Å². The molecule has 0 aliphatic heterocycles. The smallest absolute Gasteiger partial charge is 0.250 e. The number of carbonyl (C=O) groups excluding carboxylic acids is 2. The quantitative estimate of drug-likeness (QED) is 0.772. The Labute approximate surface area is 110 Å². The van der Waals surface area contributed by atoms with Crippen LogP contribution in [0.1, 0.15) is 30.6 Å². The number of amides is 2. The molecule has 98 valence electrons. The van der Waals surface area contributed by atoms with Crippen LogP contribution in [0.4, 0.5) is 5.69 Å². The van der Waals surface area contributed by atoms with Gasteiger partial charge in [0.15, 0.2) is 0 Å². The first-order chi connectivity index (χ1) is 8.19. The molecule has 5 nitrogen and oxygen atoms in total. The Kier molecular flexibility index (Phi) is 4.32. The standard InChI is InChI=1S/C12H16ClN3O2/c1-12(2,15)6-10(17)16-7-3-4-8(11(14)18)9(13)5-7/h3-5H,6,15H2,1-2H3,(H2,14,18)(H,16,17). The van der Waals surface area contributed by atoms with E-state index in [0.29, 0.717) is 5.69 Å². The van der Waals surface area contributed by atoms with E-state index in [4.69, 9.17) is 23.1 Å². The van der Waals surface area contributed by atoms with Gasteiger partial charge in [0.2, 0.25) is 11.8 Å². The third-order valence-corrected chi connectivity index (χ3v) is 2.45. The molecule has 18 heavy (non-hydrogen) atoms. The molecule has 0 saturated heterocycles. The molecule has 1 rings (SSSR count). The van der Waals surface area contributed by atoms with Gasteiger partial charge in [-0.3, -0.25) is 9.59 Å². The summed E-state index contributed by atoms with van der Waals surface area (Å²) in [5.74, 6) is -0.827. The van der Waals surface area contributed by atoms with Gasteiger partial charge >= 0.3 is 0 Å². The summed E-state index contributed by atoms with van der Waals surface area (Å²) in [5.41, 5.74) is 11.0. The second kappa shape index (κ2) is 5.37. The SMILES string of the molecule is CC(C)(N)CC(=O)Nc1ccc(C(N)=O)c(Cl)c1.